The van der Waals surface area contributed by atoms with E-state index in [0.717, 1.165) is 51.6 Å². The zero-order valence-corrected chi connectivity index (χ0v) is 14.8. The van der Waals surface area contributed by atoms with Crippen LogP contribution in [0.4, 0.5) is 0 Å². The molecule has 122 valence electrons. The third-order valence-electron chi connectivity index (χ3n) is 5.14. The van der Waals surface area contributed by atoms with E-state index in [-0.39, 0.29) is 5.91 Å². The van der Waals surface area contributed by atoms with E-state index in [9.17, 15) is 4.79 Å². The van der Waals surface area contributed by atoms with Gasteiger partial charge in [-0.25, -0.2) is 0 Å². The van der Waals surface area contributed by atoms with Crippen molar-refractivity contribution in [3.8, 4) is 0 Å². The van der Waals surface area contributed by atoms with Crippen molar-refractivity contribution in [3.05, 3.63) is 0 Å². The Kier molecular flexibility index (Phi) is 7.64. The predicted octanol–water partition coefficient (Wildman–Crippen LogP) is 3.90. The molecule has 0 aliphatic heterocycles. The minimum atomic E-state index is -0.576. The number of nitrogens with two attached hydrogens (primary N) is 1. The van der Waals surface area contributed by atoms with Crippen molar-refractivity contribution in [2.75, 3.05) is 13.1 Å². The van der Waals surface area contributed by atoms with Gasteiger partial charge in [-0.05, 0) is 25.7 Å². The van der Waals surface area contributed by atoms with E-state index in [0.29, 0.717) is 10.9 Å². The molecule has 0 radical (unpaired) electrons. The number of nitrogens with zero attached hydrogens (tertiary/aromatic N) is 1. The molecule has 0 aromatic carbocycles. The summed E-state index contributed by atoms with van der Waals surface area (Å²) in [5, 5.41) is 0. The first-order chi connectivity index (χ1) is 10.0. The van der Waals surface area contributed by atoms with Gasteiger partial charge in [0.15, 0.2) is 0 Å². The zero-order chi connectivity index (χ0) is 15.9. The molecule has 3 nitrogen and oxygen atoms in total. The van der Waals surface area contributed by atoms with Crippen LogP contribution in [0.15, 0.2) is 0 Å². The Morgan fingerprint density at radius 2 is 1.67 bits per heavy atom. The van der Waals surface area contributed by atoms with Crippen molar-refractivity contribution in [2.24, 2.45) is 17.1 Å². The van der Waals surface area contributed by atoms with E-state index in [1.807, 2.05) is 4.90 Å². The van der Waals surface area contributed by atoms with Crippen LogP contribution in [-0.4, -0.2) is 28.9 Å². The van der Waals surface area contributed by atoms with Gasteiger partial charge in [-0.1, -0.05) is 64.6 Å². The average Bonchev–Trinajstić information content (AvgIpc) is 2.75. The molecule has 4 heteroatoms. The smallest absolute Gasteiger partial charge is 0.235 e. The van der Waals surface area contributed by atoms with Gasteiger partial charge in [0.25, 0.3) is 0 Å². The molecular weight excluding hydrogens is 280 g/mol. The van der Waals surface area contributed by atoms with Crippen LogP contribution in [0.3, 0.4) is 0 Å². The van der Waals surface area contributed by atoms with Gasteiger partial charge >= 0.3 is 0 Å². The van der Waals surface area contributed by atoms with Crippen LogP contribution in [-0.2, 0) is 4.79 Å². The van der Waals surface area contributed by atoms with E-state index < -0.39 is 5.41 Å². The van der Waals surface area contributed by atoms with E-state index in [4.69, 9.17) is 18.0 Å². The summed E-state index contributed by atoms with van der Waals surface area (Å²) < 4.78 is 0. The maximum absolute atomic E-state index is 13.2. The SMILES string of the molecule is CCC(CC)CN(CC)C(=O)C1(C(N)=S)CCCCCC1. The summed E-state index contributed by atoms with van der Waals surface area (Å²) in [4.78, 5) is 15.6. The Bertz CT molecular complexity index is 345. The molecule has 1 aliphatic carbocycles. The molecule has 0 atom stereocenters. The van der Waals surface area contributed by atoms with Gasteiger partial charge in [-0.15, -0.1) is 0 Å². The lowest BCUT2D eigenvalue weighted by molar-refractivity contribution is -0.139. The van der Waals surface area contributed by atoms with Gasteiger partial charge in [0.05, 0.1) is 10.4 Å². The number of amides is 1. The standard InChI is InChI=1S/C17H32N2OS/c1-4-14(5-2)13-19(6-3)16(20)17(15(18)21)11-9-7-8-10-12-17/h14H,4-13H2,1-3H3,(H2,18,21). The van der Waals surface area contributed by atoms with Crippen LogP contribution >= 0.6 is 12.2 Å². The van der Waals surface area contributed by atoms with E-state index in [1.165, 1.54) is 12.8 Å². The summed E-state index contributed by atoms with van der Waals surface area (Å²) in [5.41, 5.74) is 5.47. The Balaban J connectivity index is 2.94. The Morgan fingerprint density at radius 1 is 1.14 bits per heavy atom. The van der Waals surface area contributed by atoms with Gasteiger partial charge in [-0.3, -0.25) is 4.79 Å². The summed E-state index contributed by atoms with van der Waals surface area (Å²) in [6, 6.07) is 0. The molecule has 0 spiro atoms. The zero-order valence-electron chi connectivity index (χ0n) is 14.0. The predicted molar refractivity (Wildman–Crippen MR) is 93.2 cm³/mol. The molecule has 0 aromatic rings. The number of hydrogen-bond donors (Lipinski definition) is 1. The van der Waals surface area contributed by atoms with Gasteiger partial charge in [0, 0.05) is 13.1 Å². The fraction of sp³-hybridized carbons (Fsp3) is 0.882. The molecule has 21 heavy (non-hydrogen) atoms. The van der Waals surface area contributed by atoms with Crippen LogP contribution in [0.2, 0.25) is 0 Å². The van der Waals surface area contributed by atoms with Crippen molar-refractivity contribution < 1.29 is 4.79 Å². The third kappa shape index (κ3) is 4.41. The lowest BCUT2D eigenvalue weighted by Gasteiger charge is -2.37. The number of thiocarbonyl (C=S) groups is 1. The third-order valence-corrected chi connectivity index (χ3v) is 5.53. The molecule has 1 aliphatic rings. The van der Waals surface area contributed by atoms with Crippen LogP contribution in [0.25, 0.3) is 0 Å². The van der Waals surface area contributed by atoms with Gasteiger partial charge in [-0.2, -0.15) is 0 Å². The summed E-state index contributed by atoms with van der Waals surface area (Å²) in [6.45, 7) is 8.04. The molecule has 0 aromatic heterocycles. The number of rotatable bonds is 7. The Hall–Kier alpha value is -0.640. The van der Waals surface area contributed by atoms with Crippen molar-refractivity contribution in [2.45, 2.75) is 72.1 Å². The molecule has 1 amide bonds. The monoisotopic (exact) mass is 312 g/mol. The summed E-state index contributed by atoms with van der Waals surface area (Å²) >= 11 is 5.33. The highest BCUT2D eigenvalue weighted by Gasteiger charge is 2.43. The summed E-state index contributed by atoms with van der Waals surface area (Å²) in [6.07, 6.45) is 8.39. The first-order valence-corrected chi connectivity index (χ1v) is 9.01. The molecule has 1 saturated carbocycles. The lowest BCUT2D eigenvalue weighted by atomic mass is 9.78. The Morgan fingerprint density at radius 3 is 2.05 bits per heavy atom. The molecule has 1 fully saturated rings. The van der Waals surface area contributed by atoms with Crippen molar-refractivity contribution in [1.29, 1.82) is 0 Å². The lowest BCUT2D eigenvalue weighted by Crippen LogP contribution is -2.51. The van der Waals surface area contributed by atoms with Crippen LogP contribution in [0.5, 0.6) is 0 Å². The number of carbonyl (C=O) groups is 1. The maximum atomic E-state index is 13.2. The normalized spacial score (nSPS) is 18.3. The first kappa shape index (κ1) is 18.4. The fourth-order valence-corrected chi connectivity index (χ4v) is 3.71. The fourth-order valence-electron chi connectivity index (χ4n) is 3.41. The molecule has 0 heterocycles. The average molecular weight is 313 g/mol. The van der Waals surface area contributed by atoms with Crippen molar-refractivity contribution in [3.63, 3.8) is 0 Å². The van der Waals surface area contributed by atoms with Crippen LogP contribution in [0.1, 0.15) is 72.1 Å². The summed E-state index contributed by atoms with van der Waals surface area (Å²) in [5.74, 6) is 0.759. The van der Waals surface area contributed by atoms with Crippen molar-refractivity contribution in [1.82, 2.24) is 4.90 Å². The van der Waals surface area contributed by atoms with E-state index in [2.05, 4.69) is 20.8 Å². The molecule has 0 saturated heterocycles. The minimum absolute atomic E-state index is 0.186. The number of carbonyl (C=O) groups excluding carboxylic acids is 1. The minimum Gasteiger partial charge on any atom is -0.392 e. The van der Waals surface area contributed by atoms with Gasteiger partial charge in [0.1, 0.15) is 0 Å². The highest BCUT2D eigenvalue weighted by molar-refractivity contribution is 7.80. The number of hydrogen-bond acceptors (Lipinski definition) is 2. The largest absolute Gasteiger partial charge is 0.392 e. The Labute approximate surface area is 135 Å². The second-order valence-corrected chi connectivity index (χ2v) is 6.83. The molecular formula is C17H32N2OS. The maximum Gasteiger partial charge on any atom is 0.235 e. The summed E-state index contributed by atoms with van der Waals surface area (Å²) in [7, 11) is 0. The molecule has 2 N–H and O–H groups in total. The van der Waals surface area contributed by atoms with Crippen LogP contribution < -0.4 is 5.73 Å². The molecule has 0 unspecified atom stereocenters. The quantitative estimate of drug-likeness (QED) is 0.573. The van der Waals surface area contributed by atoms with Gasteiger partial charge in [0.2, 0.25) is 5.91 Å². The second-order valence-electron chi connectivity index (χ2n) is 6.39. The highest BCUT2D eigenvalue weighted by Crippen LogP contribution is 2.37. The second kappa shape index (κ2) is 8.72. The topological polar surface area (TPSA) is 46.3 Å². The van der Waals surface area contributed by atoms with Gasteiger partial charge < -0.3 is 10.6 Å². The van der Waals surface area contributed by atoms with E-state index in [1.54, 1.807) is 0 Å². The van der Waals surface area contributed by atoms with E-state index >= 15 is 0 Å². The first-order valence-electron chi connectivity index (χ1n) is 8.61. The molecule has 1 rings (SSSR count). The van der Waals surface area contributed by atoms with Crippen molar-refractivity contribution >= 4 is 23.1 Å². The highest BCUT2D eigenvalue weighted by atomic mass is 32.1. The van der Waals surface area contributed by atoms with Crippen LogP contribution in [0, 0.1) is 11.3 Å². The molecule has 0 bridgehead atoms.